The molecule has 0 fully saturated rings. The van der Waals surface area contributed by atoms with Gasteiger partial charge in [-0.1, -0.05) is 41.6 Å². The standard InChI is InChI=1S/C20H16ClN3O4S/c21-12-3-1-2-10(6-12)9-29-20-23-18-17(19(28)24-20)13(8-16(27)22-18)11-4-5-14(25)15(26)7-11/h1-7,13,25-26H,8-9H2,(H2,22,23,24,27,28)/t13-/m0/s1. The zero-order valence-corrected chi connectivity index (χ0v) is 16.5. The van der Waals surface area contributed by atoms with Gasteiger partial charge in [0.1, 0.15) is 5.82 Å². The minimum atomic E-state index is -0.575. The Morgan fingerprint density at radius 2 is 1.97 bits per heavy atom. The third-order valence-corrected chi connectivity index (χ3v) is 5.78. The minimum Gasteiger partial charge on any atom is -0.504 e. The highest BCUT2D eigenvalue weighted by Gasteiger charge is 2.31. The Hall–Kier alpha value is -2.97. The number of phenols is 2. The van der Waals surface area contributed by atoms with Crippen LogP contribution < -0.4 is 10.9 Å². The molecule has 1 aromatic heterocycles. The van der Waals surface area contributed by atoms with Crippen molar-refractivity contribution in [1.29, 1.82) is 0 Å². The smallest absolute Gasteiger partial charge is 0.257 e. The SMILES string of the molecule is O=C1C[C@@H](c2ccc(O)c(O)c2)c2c(nc(SCc3cccc(Cl)c3)[nH]c2=O)N1. The molecule has 0 unspecified atom stereocenters. The Balaban J connectivity index is 1.66. The summed E-state index contributed by atoms with van der Waals surface area (Å²) in [5.74, 6) is -0.684. The van der Waals surface area contributed by atoms with Crippen LogP contribution in [0.4, 0.5) is 5.82 Å². The van der Waals surface area contributed by atoms with Gasteiger partial charge in [-0.2, -0.15) is 0 Å². The van der Waals surface area contributed by atoms with Crippen LogP contribution in [-0.4, -0.2) is 26.1 Å². The van der Waals surface area contributed by atoms with Gasteiger partial charge in [-0.3, -0.25) is 9.59 Å². The molecular formula is C20H16ClN3O4S. The fourth-order valence-corrected chi connectivity index (χ4v) is 4.26. The molecule has 2 aromatic carbocycles. The van der Waals surface area contributed by atoms with E-state index in [0.717, 1.165) is 5.56 Å². The van der Waals surface area contributed by atoms with Crippen molar-refractivity contribution < 1.29 is 15.0 Å². The van der Waals surface area contributed by atoms with Gasteiger partial charge in [0.05, 0.1) is 5.56 Å². The number of thioether (sulfide) groups is 1. The Bertz CT molecular complexity index is 1160. The number of benzene rings is 2. The van der Waals surface area contributed by atoms with E-state index in [1.165, 1.54) is 23.9 Å². The number of carbonyl (C=O) groups excluding carboxylic acids is 1. The van der Waals surface area contributed by atoms with Crippen LogP contribution in [0.2, 0.25) is 5.02 Å². The molecule has 0 saturated heterocycles. The summed E-state index contributed by atoms with van der Waals surface area (Å²) in [5, 5.41) is 23.0. The molecule has 0 saturated carbocycles. The van der Waals surface area contributed by atoms with Crippen molar-refractivity contribution in [3.05, 3.63) is 74.5 Å². The number of phenolic OH excluding ortho intramolecular Hbond substituents is 2. The zero-order valence-electron chi connectivity index (χ0n) is 15.0. The summed E-state index contributed by atoms with van der Waals surface area (Å²) in [6.45, 7) is 0. The topological polar surface area (TPSA) is 115 Å². The fraction of sp³-hybridized carbons (Fsp3) is 0.150. The predicted octanol–water partition coefficient (Wildman–Crippen LogP) is 3.60. The van der Waals surface area contributed by atoms with E-state index in [1.807, 2.05) is 18.2 Å². The average Bonchev–Trinajstić information content (AvgIpc) is 2.67. The van der Waals surface area contributed by atoms with Gasteiger partial charge in [0.25, 0.3) is 5.56 Å². The number of H-pyrrole nitrogens is 1. The number of hydrogen-bond acceptors (Lipinski definition) is 6. The third kappa shape index (κ3) is 4.08. The molecule has 0 radical (unpaired) electrons. The molecule has 148 valence electrons. The van der Waals surface area contributed by atoms with Crippen molar-refractivity contribution in [2.75, 3.05) is 5.32 Å². The van der Waals surface area contributed by atoms with Gasteiger partial charge in [0, 0.05) is 23.1 Å². The Morgan fingerprint density at radius 3 is 2.72 bits per heavy atom. The number of anilines is 1. The zero-order chi connectivity index (χ0) is 20.5. The molecule has 9 heteroatoms. The molecule has 0 aliphatic carbocycles. The first kappa shape index (κ1) is 19.4. The van der Waals surface area contributed by atoms with Crippen molar-refractivity contribution in [2.45, 2.75) is 23.2 Å². The second-order valence-corrected chi connectivity index (χ2v) is 8.01. The molecule has 7 nitrogen and oxygen atoms in total. The van der Waals surface area contributed by atoms with E-state index in [4.69, 9.17) is 11.6 Å². The number of rotatable bonds is 4. The normalized spacial score (nSPS) is 15.6. The molecule has 3 aromatic rings. The van der Waals surface area contributed by atoms with Crippen LogP contribution in [0.5, 0.6) is 11.5 Å². The summed E-state index contributed by atoms with van der Waals surface area (Å²) in [5.41, 5.74) is 1.48. The lowest BCUT2D eigenvalue weighted by Crippen LogP contribution is -2.31. The quantitative estimate of drug-likeness (QED) is 0.286. The molecule has 4 rings (SSSR count). The largest absolute Gasteiger partial charge is 0.504 e. The molecule has 29 heavy (non-hydrogen) atoms. The van der Waals surface area contributed by atoms with E-state index in [0.29, 0.717) is 27.1 Å². The number of carbonyl (C=O) groups is 1. The summed E-state index contributed by atoms with van der Waals surface area (Å²) in [6.07, 6.45) is 0.0387. The lowest BCUT2D eigenvalue weighted by atomic mass is 9.86. The first-order chi connectivity index (χ1) is 13.9. The number of aromatic hydroxyl groups is 2. The Morgan fingerprint density at radius 1 is 1.14 bits per heavy atom. The van der Waals surface area contributed by atoms with E-state index < -0.39 is 5.92 Å². The van der Waals surface area contributed by atoms with Crippen molar-refractivity contribution in [2.24, 2.45) is 0 Å². The summed E-state index contributed by atoms with van der Waals surface area (Å²) in [6, 6.07) is 11.6. The van der Waals surface area contributed by atoms with E-state index in [2.05, 4.69) is 15.3 Å². The van der Waals surface area contributed by atoms with Crippen LogP contribution in [0.1, 0.15) is 29.0 Å². The van der Waals surface area contributed by atoms with Crippen molar-refractivity contribution in [3.8, 4) is 11.5 Å². The highest BCUT2D eigenvalue weighted by atomic mass is 35.5. The summed E-state index contributed by atoms with van der Waals surface area (Å²) < 4.78 is 0. The molecule has 2 heterocycles. The molecule has 0 spiro atoms. The van der Waals surface area contributed by atoms with Crippen LogP contribution >= 0.6 is 23.4 Å². The second-order valence-electron chi connectivity index (χ2n) is 6.60. The highest BCUT2D eigenvalue weighted by molar-refractivity contribution is 7.98. The van der Waals surface area contributed by atoms with Crippen LogP contribution in [0.15, 0.2) is 52.4 Å². The van der Waals surface area contributed by atoms with E-state index >= 15 is 0 Å². The van der Waals surface area contributed by atoms with Crippen LogP contribution in [0.25, 0.3) is 0 Å². The number of nitrogens with zero attached hydrogens (tertiary/aromatic N) is 1. The summed E-state index contributed by atoms with van der Waals surface area (Å²) in [7, 11) is 0. The molecule has 4 N–H and O–H groups in total. The van der Waals surface area contributed by atoms with E-state index in [1.54, 1.807) is 12.1 Å². The molecule has 0 bridgehead atoms. The maximum absolute atomic E-state index is 12.8. The van der Waals surface area contributed by atoms with E-state index in [-0.39, 0.29) is 35.2 Å². The lowest BCUT2D eigenvalue weighted by Gasteiger charge is -2.24. The Labute approximate surface area is 174 Å². The first-order valence-electron chi connectivity index (χ1n) is 8.74. The van der Waals surface area contributed by atoms with Crippen LogP contribution in [0, 0.1) is 0 Å². The van der Waals surface area contributed by atoms with Crippen molar-refractivity contribution in [1.82, 2.24) is 9.97 Å². The van der Waals surface area contributed by atoms with Gasteiger partial charge in [0.15, 0.2) is 16.7 Å². The van der Waals surface area contributed by atoms with Gasteiger partial charge >= 0.3 is 0 Å². The first-order valence-corrected chi connectivity index (χ1v) is 10.1. The molecular weight excluding hydrogens is 414 g/mol. The van der Waals surface area contributed by atoms with Gasteiger partial charge in [-0.05, 0) is 35.4 Å². The number of halogens is 1. The van der Waals surface area contributed by atoms with Gasteiger partial charge < -0.3 is 20.5 Å². The molecule has 1 atom stereocenters. The van der Waals surface area contributed by atoms with Crippen LogP contribution in [0.3, 0.4) is 0 Å². The van der Waals surface area contributed by atoms with Crippen LogP contribution in [-0.2, 0) is 10.5 Å². The number of aromatic nitrogens is 2. The highest BCUT2D eigenvalue weighted by Crippen LogP contribution is 2.37. The monoisotopic (exact) mass is 429 g/mol. The maximum Gasteiger partial charge on any atom is 0.257 e. The third-order valence-electron chi connectivity index (χ3n) is 4.60. The van der Waals surface area contributed by atoms with Gasteiger partial charge in [0.2, 0.25) is 5.91 Å². The number of aromatic amines is 1. The number of amides is 1. The number of fused-ring (bicyclic) bond motifs is 1. The Kier molecular flexibility index (Phi) is 5.21. The lowest BCUT2D eigenvalue weighted by molar-refractivity contribution is -0.116. The molecule has 1 amide bonds. The van der Waals surface area contributed by atoms with Crippen molar-refractivity contribution in [3.63, 3.8) is 0 Å². The van der Waals surface area contributed by atoms with Crippen molar-refractivity contribution >= 4 is 35.1 Å². The second kappa shape index (κ2) is 7.81. The predicted molar refractivity (Wildman–Crippen MR) is 111 cm³/mol. The maximum atomic E-state index is 12.8. The fourth-order valence-electron chi connectivity index (χ4n) is 3.24. The number of nitrogens with one attached hydrogen (secondary N) is 2. The summed E-state index contributed by atoms with van der Waals surface area (Å²) in [4.78, 5) is 32.2. The van der Waals surface area contributed by atoms with E-state index in [9.17, 15) is 19.8 Å². The molecule has 1 aliphatic rings. The summed E-state index contributed by atoms with van der Waals surface area (Å²) >= 11 is 7.32. The minimum absolute atomic E-state index is 0.0387. The van der Waals surface area contributed by atoms with Gasteiger partial charge in [-0.25, -0.2) is 4.98 Å². The van der Waals surface area contributed by atoms with Gasteiger partial charge in [-0.15, -0.1) is 0 Å². The molecule has 1 aliphatic heterocycles. The average molecular weight is 430 g/mol. The number of hydrogen-bond donors (Lipinski definition) is 4.